The largest absolute Gasteiger partial charge is 0.481 e. The first-order chi connectivity index (χ1) is 8.41. The van der Waals surface area contributed by atoms with Crippen LogP contribution in [-0.4, -0.2) is 25.2 Å². The molecule has 4 nitrogen and oxygen atoms in total. The molecule has 1 rings (SSSR count). The molecule has 0 bridgehead atoms. The molecule has 0 spiro atoms. The SMILES string of the molecule is Cc1ccccc1CS(=O)(=O)CCCCC(=O)O. The summed E-state index contributed by atoms with van der Waals surface area (Å²) < 4.78 is 23.7. The maximum Gasteiger partial charge on any atom is 0.303 e. The Morgan fingerprint density at radius 1 is 1.22 bits per heavy atom. The number of benzene rings is 1. The van der Waals surface area contributed by atoms with Crippen molar-refractivity contribution in [3.05, 3.63) is 35.4 Å². The van der Waals surface area contributed by atoms with E-state index < -0.39 is 15.8 Å². The Hall–Kier alpha value is -1.36. The second-order valence-electron chi connectivity index (χ2n) is 4.37. The normalized spacial score (nSPS) is 11.4. The second kappa shape index (κ2) is 6.54. The van der Waals surface area contributed by atoms with Crippen LogP contribution >= 0.6 is 0 Å². The lowest BCUT2D eigenvalue weighted by Gasteiger charge is -2.06. The van der Waals surface area contributed by atoms with E-state index in [9.17, 15) is 13.2 Å². The van der Waals surface area contributed by atoms with Crippen LogP contribution in [0.3, 0.4) is 0 Å². The lowest BCUT2D eigenvalue weighted by atomic mass is 10.1. The topological polar surface area (TPSA) is 71.4 Å². The fraction of sp³-hybridized carbons (Fsp3) is 0.462. The highest BCUT2D eigenvalue weighted by molar-refractivity contribution is 7.90. The van der Waals surface area contributed by atoms with Crippen molar-refractivity contribution < 1.29 is 18.3 Å². The van der Waals surface area contributed by atoms with Crippen LogP contribution in [0.4, 0.5) is 0 Å². The average molecular weight is 270 g/mol. The molecule has 100 valence electrons. The Balaban J connectivity index is 2.50. The van der Waals surface area contributed by atoms with E-state index in [0.717, 1.165) is 11.1 Å². The number of carbonyl (C=O) groups is 1. The molecule has 1 N–H and O–H groups in total. The van der Waals surface area contributed by atoms with Gasteiger partial charge in [-0.2, -0.15) is 0 Å². The van der Waals surface area contributed by atoms with Crippen LogP contribution in [0.2, 0.25) is 0 Å². The molecule has 0 saturated heterocycles. The molecule has 5 heteroatoms. The van der Waals surface area contributed by atoms with Crippen molar-refractivity contribution in [2.24, 2.45) is 0 Å². The molecular weight excluding hydrogens is 252 g/mol. The summed E-state index contributed by atoms with van der Waals surface area (Å²) in [5, 5.41) is 8.47. The van der Waals surface area contributed by atoms with E-state index in [0.29, 0.717) is 12.8 Å². The van der Waals surface area contributed by atoms with Gasteiger partial charge in [-0.15, -0.1) is 0 Å². The second-order valence-corrected chi connectivity index (χ2v) is 6.55. The van der Waals surface area contributed by atoms with Crippen LogP contribution in [0, 0.1) is 6.92 Å². The van der Waals surface area contributed by atoms with E-state index in [4.69, 9.17) is 5.11 Å². The van der Waals surface area contributed by atoms with E-state index in [1.54, 1.807) is 0 Å². The molecule has 0 fully saturated rings. The summed E-state index contributed by atoms with van der Waals surface area (Å²) in [6.07, 6.45) is 0.836. The predicted molar refractivity (Wildman–Crippen MR) is 70.2 cm³/mol. The first-order valence-corrected chi connectivity index (χ1v) is 7.69. The van der Waals surface area contributed by atoms with Crippen molar-refractivity contribution in [2.75, 3.05) is 5.75 Å². The molecule has 1 aromatic carbocycles. The van der Waals surface area contributed by atoms with Crippen LogP contribution in [0.15, 0.2) is 24.3 Å². The number of hydrogen-bond donors (Lipinski definition) is 1. The highest BCUT2D eigenvalue weighted by atomic mass is 32.2. The van der Waals surface area contributed by atoms with Gasteiger partial charge in [0.1, 0.15) is 0 Å². The first kappa shape index (κ1) is 14.7. The van der Waals surface area contributed by atoms with Crippen LogP contribution < -0.4 is 0 Å². The minimum Gasteiger partial charge on any atom is -0.481 e. The lowest BCUT2D eigenvalue weighted by Crippen LogP contribution is -2.10. The molecule has 0 aliphatic rings. The van der Waals surface area contributed by atoms with Gasteiger partial charge in [0.05, 0.1) is 11.5 Å². The van der Waals surface area contributed by atoms with Gasteiger partial charge in [0.25, 0.3) is 0 Å². The number of unbranched alkanes of at least 4 members (excludes halogenated alkanes) is 1. The van der Waals surface area contributed by atoms with Gasteiger partial charge in [-0.1, -0.05) is 24.3 Å². The van der Waals surface area contributed by atoms with Crippen molar-refractivity contribution >= 4 is 15.8 Å². The molecule has 0 saturated carbocycles. The molecule has 0 radical (unpaired) electrons. The summed E-state index contributed by atoms with van der Waals surface area (Å²) >= 11 is 0. The summed E-state index contributed by atoms with van der Waals surface area (Å²) in [6.45, 7) is 1.88. The Kier molecular flexibility index (Phi) is 5.34. The van der Waals surface area contributed by atoms with E-state index in [2.05, 4.69) is 0 Å². The molecule has 18 heavy (non-hydrogen) atoms. The van der Waals surface area contributed by atoms with Crippen LogP contribution in [0.5, 0.6) is 0 Å². The van der Waals surface area contributed by atoms with Crippen molar-refractivity contribution in [2.45, 2.75) is 31.9 Å². The molecule has 0 aliphatic heterocycles. The van der Waals surface area contributed by atoms with Crippen LogP contribution in [0.1, 0.15) is 30.4 Å². The highest BCUT2D eigenvalue weighted by Crippen LogP contribution is 2.13. The maximum absolute atomic E-state index is 11.8. The molecular formula is C13H18O4S. The molecule has 1 aromatic rings. The van der Waals surface area contributed by atoms with Gasteiger partial charge in [-0.25, -0.2) is 8.42 Å². The number of rotatable bonds is 7. The maximum atomic E-state index is 11.8. The Morgan fingerprint density at radius 2 is 1.89 bits per heavy atom. The smallest absolute Gasteiger partial charge is 0.303 e. The summed E-state index contributed by atoms with van der Waals surface area (Å²) in [6, 6.07) is 7.39. The van der Waals surface area contributed by atoms with Crippen LogP contribution in [0.25, 0.3) is 0 Å². The van der Waals surface area contributed by atoms with Gasteiger partial charge >= 0.3 is 5.97 Å². The average Bonchev–Trinajstić information content (AvgIpc) is 2.27. The number of sulfone groups is 1. The summed E-state index contributed by atoms with van der Waals surface area (Å²) in [4.78, 5) is 10.3. The Bertz CT molecular complexity index is 505. The van der Waals surface area contributed by atoms with E-state index >= 15 is 0 Å². The zero-order valence-electron chi connectivity index (χ0n) is 10.4. The van der Waals surface area contributed by atoms with Gasteiger partial charge < -0.3 is 5.11 Å². The van der Waals surface area contributed by atoms with Gasteiger partial charge in [-0.3, -0.25) is 4.79 Å². The molecule has 0 unspecified atom stereocenters. The summed E-state index contributed by atoms with van der Waals surface area (Å²) in [5.41, 5.74) is 1.78. The predicted octanol–water partition coefficient (Wildman–Crippen LogP) is 2.16. The number of carboxylic acid groups (broad SMARTS) is 1. The zero-order chi connectivity index (χ0) is 13.6. The van der Waals surface area contributed by atoms with Gasteiger partial charge in [0, 0.05) is 6.42 Å². The lowest BCUT2D eigenvalue weighted by molar-refractivity contribution is -0.137. The fourth-order valence-corrected chi connectivity index (χ4v) is 3.27. The minimum absolute atomic E-state index is 0.0277. The molecule has 0 heterocycles. The standard InChI is InChI=1S/C13H18O4S/c1-11-6-2-3-7-12(11)10-18(16,17)9-5-4-8-13(14)15/h2-3,6-7H,4-5,8-10H2,1H3,(H,14,15). The van der Waals surface area contributed by atoms with Gasteiger partial charge in [0.15, 0.2) is 9.84 Å². The third-order valence-electron chi connectivity index (χ3n) is 2.73. The number of aliphatic carboxylic acids is 1. The molecule has 0 amide bonds. The summed E-state index contributed by atoms with van der Waals surface area (Å²) in [5.74, 6) is -0.798. The zero-order valence-corrected chi connectivity index (χ0v) is 11.2. The van der Waals surface area contributed by atoms with Crippen molar-refractivity contribution in [3.63, 3.8) is 0 Å². The molecule has 0 aliphatic carbocycles. The quantitative estimate of drug-likeness (QED) is 0.771. The van der Waals surface area contributed by atoms with E-state index in [1.165, 1.54) is 0 Å². The summed E-state index contributed by atoms with van der Waals surface area (Å²) in [7, 11) is -3.15. The molecule has 0 aromatic heterocycles. The third kappa shape index (κ3) is 5.31. The van der Waals surface area contributed by atoms with Crippen molar-refractivity contribution in [1.82, 2.24) is 0 Å². The van der Waals surface area contributed by atoms with E-state index in [-0.39, 0.29) is 17.9 Å². The first-order valence-electron chi connectivity index (χ1n) is 5.87. The monoisotopic (exact) mass is 270 g/mol. The Labute approximate surface area is 108 Å². The Morgan fingerprint density at radius 3 is 2.50 bits per heavy atom. The number of carboxylic acids is 1. The van der Waals surface area contributed by atoms with Crippen molar-refractivity contribution in [1.29, 1.82) is 0 Å². The van der Waals surface area contributed by atoms with Gasteiger partial charge in [0.2, 0.25) is 0 Å². The molecule has 0 atom stereocenters. The van der Waals surface area contributed by atoms with E-state index in [1.807, 2.05) is 31.2 Å². The number of aryl methyl sites for hydroxylation is 1. The minimum atomic E-state index is -3.15. The van der Waals surface area contributed by atoms with Crippen LogP contribution in [-0.2, 0) is 20.4 Å². The van der Waals surface area contributed by atoms with Gasteiger partial charge in [-0.05, 0) is 30.9 Å². The fourth-order valence-electron chi connectivity index (χ4n) is 1.68. The van der Waals surface area contributed by atoms with Crippen molar-refractivity contribution in [3.8, 4) is 0 Å². The highest BCUT2D eigenvalue weighted by Gasteiger charge is 2.13. The number of hydrogen-bond acceptors (Lipinski definition) is 3. The third-order valence-corrected chi connectivity index (χ3v) is 4.39.